The number of benzene rings is 1. The number of aromatic nitrogens is 3. The molecule has 0 spiro atoms. The van der Waals surface area contributed by atoms with Crippen LogP contribution >= 0.6 is 0 Å². The van der Waals surface area contributed by atoms with Gasteiger partial charge in [0.25, 0.3) is 0 Å². The van der Waals surface area contributed by atoms with Gasteiger partial charge in [-0.25, -0.2) is 9.97 Å². The first-order valence-electron chi connectivity index (χ1n) is 8.04. The molecule has 4 nitrogen and oxygen atoms in total. The summed E-state index contributed by atoms with van der Waals surface area (Å²) in [4.78, 5) is 15.3. The largest absolute Gasteiger partial charge is 0.353 e. The van der Waals surface area contributed by atoms with E-state index < -0.39 is 0 Å². The van der Waals surface area contributed by atoms with Crippen molar-refractivity contribution < 1.29 is 0 Å². The molecule has 4 rings (SSSR count). The zero-order valence-corrected chi connectivity index (χ0v) is 12.8. The van der Waals surface area contributed by atoms with E-state index in [2.05, 4.69) is 35.0 Å². The SMILES string of the molecule is CC[C@H]1CCCN1c1nc(-c2ccccc2)nc2[nH]ccc12. The summed E-state index contributed by atoms with van der Waals surface area (Å²) >= 11 is 0. The minimum absolute atomic E-state index is 0.594. The van der Waals surface area contributed by atoms with Gasteiger partial charge in [0.05, 0.1) is 5.39 Å². The molecule has 0 radical (unpaired) electrons. The van der Waals surface area contributed by atoms with Gasteiger partial charge in [-0.1, -0.05) is 37.3 Å². The lowest BCUT2D eigenvalue weighted by molar-refractivity contribution is 0.642. The fourth-order valence-corrected chi connectivity index (χ4v) is 3.40. The predicted molar refractivity (Wildman–Crippen MR) is 90.0 cm³/mol. The molecule has 0 unspecified atom stereocenters. The normalized spacial score (nSPS) is 18.2. The minimum atomic E-state index is 0.594. The van der Waals surface area contributed by atoms with Gasteiger partial charge in [0.2, 0.25) is 0 Å². The molecule has 0 bridgehead atoms. The quantitative estimate of drug-likeness (QED) is 0.793. The molecule has 112 valence electrons. The van der Waals surface area contributed by atoms with Gasteiger partial charge in [0, 0.05) is 24.3 Å². The second-order valence-electron chi connectivity index (χ2n) is 5.87. The van der Waals surface area contributed by atoms with Crippen LogP contribution < -0.4 is 4.90 Å². The molecular formula is C18H20N4. The minimum Gasteiger partial charge on any atom is -0.353 e. The standard InChI is InChI=1S/C18H20N4/c1-2-14-9-6-12-22(14)18-15-10-11-19-17(15)20-16(21-18)13-7-4-3-5-8-13/h3-5,7-8,10-11,14H,2,6,9,12H2,1H3,(H,19,20,21)/t14-/m0/s1. The van der Waals surface area contributed by atoms with Crippen LogP contribution in [0.2, 0.25) is 0 Å². The zero-order valence-electron chi connectivity index (χ0n) is 12.8. The van der Waals surface area contributed by atoms with E-state index in [1.807, 2.05) is 24.4 Å². The summed E-state index contributed by atoms with van der Waals surface area (Å²) in [6.45, 7) is 3.35. The Balaban J connectivity index is 1.88. The number of fused-ring (bicyclic) bond motifs is 1. The summed E-state index contributed by atoms with van der Waals surface area (Å²) in [6.07, 6.45) is 5.62. The molecule has 1 aliphatic rings. The maximum atomic E-state index is 4.92. The molecule has 1 aromatic carbocycles. The van der Waals surface area contributed by atoms with Crippen LogP contribution in [0.15, 0.2) is 42.6 Å². The molecule has 22 heavy (non-hydrogen) atoms. The Morgan fingerprint density at radius 1 is 1.18 bits per heavy atom. The summed E-state index contributed by atoms with van der Waals surface area (Å²) in [6, 6.07) is 12.9. The van der Waals surface area contributed by atoms with E-state index in [1.54, 1.807) is 0 Å². The molecule has 0 saturated carbocycles. The third-order valence-electron chi connectivity index (χ3n) is 4.55. The first-order valence-corrected chi connectivity index (χ1v) is 8.04. The van der Waals surface area contributed by atoms with E-state index in [9.17, 15) is 0 Å². The summed E-state index contributed by atoms with van der Waals surface area (Å²) in [5.41, 5.74) is 1.98. The highest BCUT2D eigenvalue weighted by Crippen LogP contribution is 2.32. The fourth-order valence-electron chi connectivity index (χ4n) is 3.40. The molecular weight excluding hydrogens is 272 g/mol. The topological polar surface area (TPSA) is 44.8 Å². The number of H-pyrrole nitrogens is 1. The Morgan fingerprint density at radius 3 is 2.86 bits per heavy atom. The van der Waals surface area contributed by atoms with Crippen LogP contribution in [-0.4, -0.2) is 27.5 Å². The number of hydrogen-bond donors (Lipinski definition) is 1. The lowest BCUT2D eigenvalue weighted by Gasteiger charge is -2.25. The maximum absolute atomic E-state index is 4.92. The summed E-state index contributed by atoms with van der Waals surface area (Å²) in [7, 11) is 0. The molecule has 1 aliphatic heterocycles. The van der Waals surface area contributed by atoms with Gasteiger partial charge >= 0.3 is 0 Å². The predicted octanol–water partition coefficient (Wildman–Crippen LogP) is 4.00. The van der Waals surface area contributed by atoms with Crippen molar-refractivity contribution >= 4 is 16.9 Å². The van der Waals surface area contributed by atoms with Crippen molar-refractivity contribution in [2.45, 2.75) is 32.2 Å². The lowest BCUT2D eigenvalue weighted by Crippen LogP contribution is -2.29. The fraction of sp³-hybridized carbons (Fsp3) is 0.333. The molecule has 3 heterocycles. The highest BCUT2D eigenvalue weighted by Gasteiger charge is 2.26. The average Bonchev–Trinajstić information content (AvgIpc) is 3.23. The third kappa shape index (κ3) is 2.15. The van der Waals surface area contributed by atoms with E-state index in [0.29, 0.717) is 6.04 Å². The Bertz CT molecular complexity index is 778. The van der Waals surface area contributed by atoms with Crippen molar-refractivity contribution in [3.8, 4) is 11.4 Å². The van der Waals surface area contributed by atoms with Crippen LogP contribution in [0.3, 0.4) is 0 Å². The highest BCUT2D eigenvalue weighted by molar-refractivity contribution is 5.89. The number of rotatable bonds is 3. The number of nitrogens with zero attached hydrogens (tertiary/aromatic N) is 3. The van der Waals surface area contributed by atoms with Gasteiger partial charge in [0.15, 0.2) is 5.82 Å². The molecule has 1 atom stereocenters. The average molecular weight is 292 g/mol. The molecule has 0 amide bonds. The van der Waals surface area contributed by atoms with Crippen LogP contribution in [0.25, 0.3) is 22.4 Å². The number of anilines is 1. The van der Waals surface area contributed by atoms with E-state index in [-0.39, 0.29) is 0 Å². The van der Waals surface area contributed by atoms with Crippen LogP contribution in [0.5, 0.6) is 0 Å². The van der Waals surface area contributed by atoms with Crippen molar-refractivity contribution in [2.24, 2.45) is 0 Å². The molecule has 2 aromatic heterocycles. The Hall–Kier alpha value is -2.36. The molecule has 1 N–H and O–H groups in total. The Morgan fingerprint density at radius 2 is 2.05 bits per heavy atom. The van der Waals surface area contributed by atoms with Crippen molar-refractivity contribution in [3.63, 3.8) is 0 Å². The van der Waals surface area contributed by atoms with E-state index in [1.165, 1.54) is 12.8 Å². The summed E-state index contributed by atoms with van der Waals surface area (Å²) in [5.74, 6) is 1.88. The first-order chi connectivity index (χ1) is 10.9. The van der Waals surface area contributed by atoms with E-state index >= 15 is 0 Å². The molecule has 1 fully saturated rings. The first kappa shape index (κ1) is 13.3. The zero-order chi connectivity index (χ0) is 14.9. The van der Waals surface area contributed by atoms with E-state index in [4.69, 9.17) is 9.97 Å². The van der Waals surface area contributed by atoms with Gasteiger partial charge in [-0.05, 0) is 25.3 Å². The van der Waals surface area contributed by atoms with E-state index in [0.717, 1.165) is 41.2 Å². The van der Waals surface area contributed by atoms with Crippen LogP contribution in [0.1, 0.15) is 26.2 Å². The second kappa shape index (κ2) is 5.44. The van der Waals surface area contributed by atoms with Gasteiger partial charge in [0.1, 0.15) is 11.5 Å². The molecule has 4 heteroatoms. The molecule has 0 aliphatic carbocycles. The number of nitrogens with one attached hydrogen (secondary N) is 1. The van der Waals surface area contributed by atoms with Gasteiger partial charge in [-0.3, -0.25) is 0 Å². The summed E-state index contributed by atoms with van der Waals surface area (Å²) < 4.78 is 0. The number of aromatic amines is 1. The Labute approximate surface area is 130 Å². The monoisotopic (exact) mass is 292 g/mol. The molecule has 1 saturated heterocycles. The smallest absolute Gasteiger partial charge is 0.163 e. The van der Waals surface area contributed by atoms with Crippen LogP contribution in [-0.2, 0) is 0 Å². The van der Waals surface area contributed by atoms with Crippen molar-refractivity contribution in [3.05, 3.63) is 42.6 Å². The van der Waals surface area contributed by atoms with Crippen molar-refractivity contribution in [2.75, 3.05) is 11.4 Å². The highest BCUT2D eigenvalue weighted by atomic mass is 15.2. The summed E-state index contributed by atoms with van der Waals surface area (Å²) in [5, 5.41) is 1.13. The molecule has 3 aromatic rings. The second-order valence-corrected chi connectivity index (χ2v) is 5.87. The third-order valence-corrected chi connectivity index (χ3v) is 4.55. The van der Waals surface area contributed by atoms with Crippen molar-refractivity contribution in [1.29, 1.82) is 0 Å². The van der Waals surface area contributed by atoms with Gasteiger partial charge in [-0.2, -0.15) is 0 Å². The van der Waals surface area contributed by atoms with Gasteiger partial charge in [-0.15, -0.1) is 0 Å². The van der Waals surface area contributed by atoms with Gasteiger partial charge < -0.3 is 9.88 Å². The van der Waals surface area contributed by atoms with Crippen molar-refractivity contribution in [1.82, 2.24) is 15.0 Å². The van der Waals surface area contributed by atoms with Crippen LogP contribution in [0, 0.1) is 0 Å². The lowest BCUT2D eigenvalue weighted by atomic mass is 10.1. The maximum Gasteiger partial charge on any atom is 0.163 e. The van der Waals surface area contributed by atoms with Crippen LogP contribution in [0.4, 0.5) is 5.82 Å². The Kier molecular flexibility index (Phi) is 3.29. The number of hydrogen-bond acceptors (Lipinski definition) is 3.